The molecule has 0 N–H and O–H groups in total. The summed E-state index contributed by atoms with van der Waals surface area (Å²) in [4.78, 5) is 0. The summed E-state index contributed by atoms with van der Waals surface area (Å²) in [6.07, 6.45) is 3.07. The number of ether oxygens (including phenoxy) is 3. The van der Waals surface area contributed by atoms with Gasteiger partial charge >= 0.3 is 0 Å². The van der Waals surface area contributed by atoms with Crippen LogP contribution in [0.1, 0.15) is 5.56 Å². The van der Waals surface area contributed by atoms with Gasteiger partial charge in [-0.05, 0) is 29.1 Å². The van der Waals surface area contributed by atoms with E-state index in [1.165, 1.54) is 16.8 Å². The number of rotatable bonds is 1. The minimum Gasteiger partial charge on any atom is -1.00 e. The van der Waals surface area contributed by atoms with E-state index in [-0.39, 0.29) is 12.4 Å². The first-order valence-electron chi connectivity index (χ1n) is 7.87. The average molecular weight is 376 g/mol. The van der Waals surface area contributed by atoms with E-state index in [0.717, 1.165) is 35.2 Å². The molecule has 2 aliphatic heterocycles. The van der Waals surface area contributed by atoms with Crippen molar-refractivity contribution in [1.29, 1.82) is 0 Å². The normalized spacial score (nSPS) is 13.8. The summed E-state index contributed by atoms with van der Waals surface area (Å²) in [7, 11) is 1.64. The highest BCUT2D eigenvalue weighted by Crippen LogP contribution is 2.40. The molecule has 0 fully saturated rings. The standard InChI is InChI=1S/C19H15ClNO3.ClH/c1-22-16-3-2-11-6-15-13-8-18-17(23-10-24-18)7-12(13)4-5-21(15)9-14(11)19(16)20;/h2-3,6-9H,4-5,10H2,1H3;1H/q+1;/p-1. The summed E-state index contributed by atoms with van der Waals surface area (Å²) < 4.78 is 18.6. The van der Waals surface area contributed by atoms with Crippen molar-refractivity contribution in [3.63, 3.8) is 0 Å². The lowest BCUT2D eigenvalue weighted by Crippen LogP contribution is -3.00. The molecule has 0 saturated heterocycles. The molecular formula is C19H15Cl2NO3. The first-order chi connectivity index (χ1) is 11.7. The van der Waals surface area contributed by atoms with Gasteiger partial charge in [0.2, 0.25) is 12.5 Å². The van der Waals surface area contributed by atoms with Crippen LogP contribution < -0.4 is 31.2 Å². The van der Waals surface area contributed by atoms with E-state index in [1.54, 1.807) is 7.11 Å². The van der Waals surface area contributed by atoms with Crippen LogP contribution in [-0.4, -0.2) is 13.9 Å². The number of methoxy groups -OCH3 is 1. The van der Waals surface area contributed by atoms with Gasteiger partial charge in [-0.15, -0.1) is 0 Å². The lowest BCUT2D eigenvalue weighted by Gasteiger charge is -2.16. The van der Waals surface area contributed by atoms with Gasteiger partial charge < -0.3 is 26.6 Å². The number of fused-ring (bicyclic) bond motifs is 5. The summed E-state index contributed by atoms with van der Waals surface area (Å²) in [5.74, 6) is 2.36. The second kappa shape index (κ2) is 5.97. The van der Waals surface area contributed by atoms with E-state index in [9.17, 15) is 0 Å². The van der Waals surface area contributed by atoms with Crippen molar-refractivity contribution in [2.45, 2.75) is 13.0 Å². The van der Waals surface area contributed by atoms with Crippen LogP contribution >= 0.6 is 11.6 Å². The second-order valence-corrected chi connectivity index (χ2v) is 6.43. The van der Waals surface area contributed by atoms with Gasteiger partial charge in [0.1, 0.15) is 5.75 Å². The fourth-order valence-corrected chi connectivity index (χ4v) is 3.84. The zero-order chi connectivity index (χ0) is 16.3. The maximum Gasteiger partial charge on any atom is 0.231 e. The molecule has 0 unspecified atom stereocenters. The van der Waals surface area contributed by atoms with Gasteiger partial charge in [-0.25, -0.2) is 0 Å². The number of pyridine rings is 1. The molecule has 2 aromatic carbocycles. The highest BCUT2D eigenvalue weighted by Gasteiger charge is 2.28. The molecule has 1 aromatic heterocycles. The first kappa shape index (κ1) is 16.3. The number of nitrogens with zero attached hydrogens (tertiary/aromatic N) is 1. The van der Waals surface area contributed by atoms with Gasteiger partial charge in [0.25, 0.3) is 0 Å². The van der Waals surface area contributed by atoms with Crippen LogP contribution in [0.3, 0.4) is 0 Å². The molecule has 128 valence electrons. The van der Waals surface area contributed by atoms with Crippen LogP contribution in [0.2, 0.25) is 5.02 Å². The Morgan fingerprint density at radius 2 is 1.92 bits per heavy atom. The summed E-state index contributed by atoms with van der Waals surface area (Å²) in [6, 6.07) is 10.3. The Balaban J connectivity index is 0.00000157. The van der Waals surface area contributed by atoms with E-state index in [4.69, 9.17) is 25.8 Å². The van der Waals surface area contributed by atoms with E-state index in [1.807, 2.05) is 12.1 Å². The molecule has 6 heteroatoms. The number of halogens is 2. The van der Waals surface area contributed by atoms with Crippen LogP contribution in [0.5, 0.6) is 17.2 Å². The third kappa shape index (κ3) is 2.40. The largest absolute Gasteiger partial charge is 1.00 e. The molecule has 3 heterocycles. The van der Waals surface area contributed by atoms with Gasteiger partial charge in [0.15, 0.2) is 24.2 Å². The minimum absolute atomic E-state index is 0. The molecule has 3 aromatic rings. The second-order valence-electron chi connectivity index (χ2n) is 6.05. The molecule has 0 spiro atoms. The fraction of sp³-hybridized carbons (Fsp3) is 0.211. The van der Waals surface area contributed by atoms with Gasteiger partial charge in [0, 0.05) is 12.5 Å². The fourth-order valence-electron chi connectivity index (χ4n) is 3.55. The number of benzene rings is 2. The summed E-state index contributed by atoms with van der Waals surface area (Å²) in [6.45, 7) is 1.21. The van der Waals surface area contributed by atoms with Crippen molar-refractivity contribution in [3.8, 4) is 28.5 Å². The summed E-state index contributed by atoms with van der Waals surface area (Å²) >= 11 is 6.49. The molecule has 0 bridgehead atoms. The van der Waals surface area contributed by atoms with Crippen molar-refractivity contribution in [2.75, 3.05) is 13.9 Å². The molecule has 25 heavy (non-hydrogen) atoms. The lowest BCUT2D eigenvalue weighted by molar-refractivity contribution is -0.686. The third-order valence-corrected chi connectivity index (χ3v) is 5.17. The number of aromatic nitrogens is 1. The molecule has 0 aliphatic carbocycles. The van der Waals surface area contributed by atoms with Crippen LogP contribution in [0.4, 0.5) is 0 Å². The summed E-state index contributed by atoms with van der Waals surface area (Å²) in [5.41, 5.74) is 3.65. The topological polar surface area (TPSA) is 31.6 Å². The minimum atomic E-state index is 0. The van der Waals surface area contributed by atoms with Crippen LogP contribution in [0, 0.1) is 0 Å². The van der Waals surface area contributed by atoms with Gasteiger partial charge in [-0.2, -0.15) is 4.57 Å². The molecule has 5 rings (SSSR count). The van der Waals surface area contributed by atoms with Crippen LogP contribution in [0.25, 0.3) is 22.0 Å². The molecule has 0 atom stereocenters. The Kier molecular flexibility index (Phi) is 3.89. The zero-order valence-electron chi connectivity index (χ0n) is 13.5. The molecule has 2 aliphatic rings. The molecule has 0 radical (unpaired) electrons. The van der Waals surface area contributed by atoms with Crippen molar-refractivity contribution < 1.29 is 31.2 Å². The molecular weight excluding hydrogens is 361 g/mol. The Bertz CT molecular complexity index is 1000. The highest BCUT2D eigenvalue weighted by atomic mass is 35.5. The van der Waals surface area contributed by atoms with Crippen molar-refractivity contribution in [1.82, 2.24) is 0 Å². The van der Waals surface area contributed by atoms with Gasteiger partial charge in [-0.1, -0.05) is 17.7 Å². The highest BCUT2D eigenvalue weighted by molar-refractivity contribution is 6.37. The Morgan fingerprint density at radius 1 is 1.12 bits per heavy atom. The zero-order valence-corrected chi connectivity index (χ0v) is 15.0. The average Bonchev–Trinajstić information content (AvgIpc) is 3.06. The first-order valence-corrected chi connectivity index (χ1v) is 8.25. The van der Waals surface area contributed by atoms with Crippen LogP contribution in [0.15, 0.2) is 36.5 Å². The molecule has 0 saturated carbocycles. The molecule has 4 nitrogen and oxygen atoms in total. The Hall–Kier alpha value is -2.17. The lowest BCUT2D eigenvalue weighted by atomic mass is 9.95. The SMILES string of the molecule is COc1ccc2cc3[n+](cc2c1Cl)CCc1cc2c(cc1-3)OCO2.[Cl-]. The van der Waals surface area contributed by atoms with Crippen molar-refractivity contribution in [2.24, 2.45) is 0 Å². The monoisotopic (exact) mass is 375 g/mol. The van der Waals surface area contributed by atoms with E-state index in [2.05, 4.69) is 29.0 Å². The predicted octanol–water partition coefficient (Wildman–Crippen LogP) is 0.745. The summed E-state index contributed by atoms with van der Waals surface area (Å²) in [5, 5.41) is 2.75. The maximum atomic E-state index is 6.49. The Labute approximate surface area is 156 Å². The van der Waals surface area contributed by atoms with Crippen LogP contribution in [-0.2, 0) is 13.0 Å². The van der Waals surface area contributed by atoms with Gasteiger partial charge in [-0.3, -0.25) is 0 Å². The van der Waals surface area contributed by atoms with Crippen molar-refractivity contribution >= 4 is 22.4 Å². The number of hydrogen-bond donors (Lipinski definition) is 0. The van der Waals surface area contributed by atoms with E-state index in [0.29, 0.717) is 17.6 Å². The van der Waals surface area contributed by atoms with Crippen molar-refractivity contribution in [3.05, 3.63) is 47.1 Å². The number of aryl methyl sites for hydroxylation is 2. The quantitative estimate of drug-likeness (QED) is 0.588. The molecule has 0 amide bonds. The number of hydrogen-bond acceptors (Lipinski definition) is 3. The third-order valence-electron chi connectivity index (χ3n) is 4.78. The maximum absolute atomic E-state index is 6.49. The predicted molar refractivity (Wildman–Crippen MR) is 91.0 cm³/mol. The van der Waals surface area contributed by atoms with Gasteiger partial charge in [0.05, 0.1) is 23.1 Å². The van der Waals surface area contributed by atoms with E-state index >= 15 is 0 Å². The smallest absolute Gasteiger partial charge is 0.231 e. The van der Waals surface area contributed by atoms with E-state index < -0.39 is 0 Å². The Morgan fingerprint density at radius 3 is 2.72 bits per heavy atom.